The van der Waals surface area contributed by atoms with Crippen molar-refractivity contribution in [2.45, 2.75) is 51.5 Å². The largest absolute Gasteiger partial charge is 0.493 e. The molecule has 2 fully saturated rings. The molecule has 4 atom stereocenters. The van der Waals surface area contributed by atoms with Gasteiger partial charge in [-0.15, -0.1) is 0 Å². The monoisotopic (exact) mass is 369 g/mol. The summed E-state index contributed by atoms with van der Waals surface area (Å²) in [5.41, 5.74) is 1.01. The Morgan fingerprint density at radius 1 is 1.16 bits per heavy atom. The molecule has 1 heterocycles. The molecule has 2 aliphatic rings. The highest BCUT2D eigenvalue weighted by atomic mass is 35.5. The third kappa shape index (κ3) is 4.22. The molecule has 25 heavy (non-hydrogen) atoms. The summed E-state index contributed by atoms with van der Waals surface area (Å²) in [5, 5.41) is 20.5. The Hall–Kier alpha value is -1.01. The zero-order valence-corrected chi connectivity index (χ0v) is 15.9. The van der Waals surface area contributed by atoms with Crippen LogP contribution in [-0.2, 0) is 6.54 Å². The summed E-state index contributed by atoms with van der Waals surface area (Å²) in [6.45, 7) is 6.54. The van der Waals surface area contributed by atoms with E-state index < -0.39 is 12.2 Å². The summed E-state index contributed by atoms with van der Waals surface area (Å²) in [7, 11) is 1.62. The van der Waals surface area contributed by atoms with E-state index in [4.69, 9.17) is 21.1 Å². The van der Waals surface area contributed by atoms with E-state index in [9.17, 15) is 10.2 Å². The van der Waals surface area contributed by atoms with Crippen molar-refractivity contribution in [2.24, 2.45) is 11.8 Å². The lowest BCUT2D eigenvalue weighted by Crippen LogP contribution is -2.38. The van der Waals surface area contributed by atoms with Gasteiger partial charge >= 0.3 is 0 Å². The van der Waals surface area contributed by atoms with Gasteiger partial charge in [-0.25, -0.2) is 0 Å². The summed E-state index contributed by atoms with van der Waals surface area (Å²) < 4.78 is 11.5. The Morgan fingerprint density at radius 3 is 2.28 bits per heavy atom. The minimum Gasteiger partial charge on any atom is -0.493 e. The van der Waals surface area contributed by atoms with Crippen LogP contribution in [0.5, 0.6) is 11.5 Å². The van der Waals surface area contributed by atoms with Gasteiger partial charge in [0, 0.05) is 36.3 Å². The van der Waals surface area contributed by atoms with Crippen molar-refractivity contribution in [3.63, 3.8) is 0 Å². The minimum absolute atomic E-state index is 0.0419. The van der Waals surface area contributed by atoms with Gasteiger partial charge in [0.2, 0.25) is 0 Å². The van der Waals surface area contributed by atoms with Crippen molar-refractivity contribution in [2.75, 3.05) is 20.2 Å². The van der Waals surface area contributed by atoms with Crippen LogP contribution in [0.3, 0.4) is 0 Å². The first-order valence-corrected chi connectivity index (χ1v) is 9.36. The second kappa shape index (κ2) is 7.70. The highest BCUT2D eigenvalue weighted by Crippen LogP contribution is 2.40. The number of halogens is 1. The summed E-state index contributed by atoms with van der Waals surface area (Å²) >= 11 is 6.26. The second-order valence-corrected chi connectivity index (χ2v) is 8.02. The number of ether oxygens (including phenoxy) is 2. The number of benzene rings is 1. The van der Waals surface area contributed by atoms with Crippen LogP contribution in [0.4, 0.5) is 0 Å². The van der Waals surface area contributed by atoms with Crippen molar-refractivity contribution in [3.8, 4) is 11.5 Å². The van der Waals surface area contributed by atoms with Crippen molar-refractivity contribution in [1.29, 1.82) is 0 Å². The molecule has 0 amide bonds. The molecule has 0 unspecified atom stereocenters. The molecule has 2 N–H and O–H groups in total. The molecular formula is C19H28ClNO4. The SMILES string of the molecule is COc1cc(Cl)cc(CN2C[C@H]3C[C@H](O)[C@H](O)C[C@H]3C2)c1OC(C)C. The molecule has 0 aromatic heterocycles. The lowest BCUT2D eigenvalue weighted by atomic mass is 9.79. The van der Waals surface area contributed by atoms with Crippen molar-refractivity contribution >= 4 is 11.6 Å². The number of fused-ring (bicyclic) bond motifs is 1. The van der Waals surface area contributed by atoms with Crippen molar-refractivity contribution < 1.29 is 19.7 Å². The molecule has 1 aromatic carbocycles. The molecule has 1 aromatic rings. The van der Waals surface area contributed by atoms with Gasteiger partial charge in [0.25, 0.3) is 0 Å². The maximum Gasteiger partial charge on any atom is 0.166 e. The van der Waals surface area contributed by atoms with Crippen molar-refractivity contribution in [3.05, 3.63) is 22.7 Å². The molecule has 5 nitrogen and oxygen atoms in total. The molecule has 140 valence electrons. The van der Waals surface area contributed by atoms with Gasteiger partial charge in [0.05, 0.1) is 25.4 Å². The Bertz CT molecular complexity index is 591. The Morgan fingerprint density at radius 2 is 1.76 bits per heavy atom. The average molecular weight is 370 g/mol. The number of likely N-dealkylation sites (tertiary alicyclic amines) is 1. The van der Waals surface area contributed by atoms with Crippen LogP contribution < -0.4 is 9.47 Å². The molecule has 0 spiro atoms. The van der Waals surface area contributed by atoms with E-state index >= 15 is 0 Å². The third-order valence-corrected chi connectivity index (χ3v) is 5.47. The van der Waals surface area contributed by atoms with E-state index in [-0.39, 0.29) is 6.10 Å². The van der Waals surface area contributed by atoms with Crippen LogP contribution in [0.15, 0.2) is 12.1 Å². The zero-order valence-electron chi connectivity index (χ0n) is 15.1. The third-order valence-electron chi connectivity index (χ3n) is 5.25. The number of aliphatic hydroxyl groups excluding tert-OH is 2. The number of aliphatic hydroxyl groups is 2. The topological polar surface area (TPSA) is 62.2 Å². The van der Waals surface area contributed by atoms with Crippen LogP contribution in [0.1, 0.15) is 32.3 Å². The Balaban J connectivity index is 1.78. The molecular weight excluding hydrogens is 342 g/mol. The maximum absolute atomic E-state index is 9.93. The highest BCUT2D eigenvalue weighted by molar-refractivity contribution is 6.30. The highest BCUT2D eigenvalue weighted by Gasteiger charge is 2.41. The van der Waals surface area contributed by atoms with Crippen LogP contribution in [0.2, 0.25) is 5.02 Å². The molecule has 1 saturated heterocycles. The molecule has 6 heteroatoms. The number of rotatable bonds is 5. The average Bonchev–Trinajstić information content (AvgIpc) is 2.90. The first kappa shape index (κ1) is 18.8. The maximum atomic E-state index is 9.93. The summed E-state index contributed by atoms with van der Waals surface area (Å²) in [5.74, 6) is 2.28. The van der Waals surface area contributed by atoms with Crippen LogP contribution in [-0.4, -0.2) is 53.6 Å². The Labute approximate surface area is 154 Å². The van der Waals surface area contributed by atoms with E-state index in [0.29, 0.717) is 35.4 Å². The molecule has 0 bridgehead atoms. The fourth-order valence-corrected chi connectivity index (χ4v) is 4.37. The van der Waals surface area contributed by atoms with Gasteiger partial charge in [0.15, 0.2) is 11.5 Å². The number of nitrogens with zero attached hydrogens (tertiary/aromatic N) is 1. The van der Waals surface area contributed by atoms with E-state index in [1.807, 2.05) is 19.9 Å². The normalized spacial score (nSPS) is 29.7. The van der Waals surface area contributed by atoms with Gasteiger partial charge in [-0.1, -0.05) is 11.6 Å². The van der Waals surface area contributed by atoms with E-state index in [2.05, 4.69) is 4.90 Å². The van der Waals surface area contributed by atoms with Gasteiger partial charge < -0.3 is 19.7 Å². The Kier molecular flexibility index (Phi) is 5.78. The van der Waals surface area contributed by atoms with Gasteiger partial charge in [-0.3, -0.25) is 4.90 Å². The second-order valence-electron chi connectivity index (χ2n) is 7.58. The standard InChI is InChI=1S/C19H28ClNO4/c1-11(2)25-19-14(4-15(20)7-18(19)24-3)10-21-8-12-5-16(22)17(23)6-13(12)9-21/h4,7,11-13,16-17,22-23H,5-6,8-10H2,1-3H3/t12-,13+,16+,17-. The summed E-state index contributed by atoms with van der Waals surface area (Å²) in [6.07, 6.45) is 0.215. The van der Waals surface area contributed by atoms with Crippen molar-refractivity contribution in [1.82, 2.24) is 4.90 Å². The van der Waals surface area contributed by atoms with Crippen LogP contribution in [0.25, 0.3) is 0 Å². The lowest BCUT2D eigenvalue weighted by Gasteiger charge is -2.32. The zero-order chi connectivity index (χ0) is 18.1. The van der Waals surface area contributed by atoms with E-state index in [1.54, 1.807) is 13.2 Å². The predicted octanol–water partition coefficient (Wildman–Crippen LogP) is 2.70. The molecule has 1 aliphatic heterocycles. The first-order chi connectivity index (χ1) is 11.9. The molecule has 3 rings (SSSR count). The molecule has 1 aliphatic carbocycles. The molecule has 1 saturated carbocycles. The van der Waals surface area contributed by atoms with Gasteiger partial charge in [0.1, 0.15) is 0 Å². The van der Waals surface area contributed by atoms with Gasteiger partial charge in [-0.05, 0) is 44.6 Å². The fourth-order valence-electron chi connectivity index (χ4n) is 4.14. The van der Waals surface area contributed by atoms with E-state index in [1.165, 1.54) is 0 Å². The van der Waals surface area contributed by atoms with Crippen LogP contribution in [0, 0.1) is 11.8 Å². The summed E-state index contributed by atoms with van der Waals surface area (Å²) in [6, 6.07) is 3.71. The quantitative estimate of drug-likeness (QED) is 0.835. The molecule has 0 radical (unpaired) electrons. The lowest BCUT2D eigenvalue weighted by molar-refractivity contribution is -0.0372. The van der Waals surface area contributed by atoms with Gasteiger partial charge in [-0.2, -0.15) is 0 Å². The summed E-state index contributed by atoms with van der Waals surface area (Å²) in [4.78, 5) is 2.36. The predicted molar refractivity (Wildman–Crippen MR) is 97.3 cm³/mol. The van der Waals surface area contributed by atoms with E-state index in [0.717, 1.165) is 30.9 Å². The number of hydrogen-bond donors (Lipinski definition) is 2. The fraction of sp³-hybridized carbons (Fsp3) is 0.684. The number of methoxy groups -OCH3 is 1. The first-order valence-electron chi connectivity index (χ1n) is 8.99. The number of hydrogen-bond acceptors (Lipinski definition) is 5. The van der Waals surface area contributed by atoms with Crippen LogP contribution >= 0.6 is 11.6 Å². The smallest absolute Gasteiger partial charge is 0.166 e. The minimum atomic E-state index is -0.590.